The number of Topliss-reactive ketones (excluding diaryl/α,β-unsaturated/α-hetero) is 1. The van der Waals surface area contributed by atoms with Gasteiger partial charge in [0.15, 0.2) is 5.78 Å². The molecule has 0 radical (unpaired) electrons. The Bertz CT molecular complexity index is 962. The van der Waals surface area contributed by atoms with E-state index in [9.17, 15) is 14.0 Å². The van der Waals surface area contributed by atoms with Crippen molar-refractivity contribution < 1.29 is 14.0 Å². The van der Waals surface area contributed by atoms with Crippen LogP contribution >= 0.6 is 0 Å². The molecule has 2 aromatic carbocycles. The van der Waals surface area contributed by atoms with Crippen LogP contribution in [-0.2, 0) is 11.2 Å². The van der Waals surface area contributed by atoms with Crippen molar-refractivity contribution in [2.24, 2.45) is 5.41 Å². The molecule has 5 heteroatoms. The molecule has 2 aromatic rings. The summed E-state index contributed by atoms with van der Waals surface area (Å²) in [5.74, 6) is -0.469. The van der Waals surface area contributed by atoms with Gasteiger partial charge in [0.2, 0.25) is 5.91 Å². The van der Waals surface area contributed by atoms with Crippen molar-refractivity contribution in [3.8, 4) is 0 Å². The molecule has 0 saturated carbocycles. The van der Waals surface area contributed by atoms with Gasteiger partial charge in [-0.1, -0.05) is 64.1 Å². The average molecular weight is 467 g/mol. The SMILES string of the molecule is CCC(=O)c1ccc(C[C@@H](CNC(=O)C[C@H](c2ccccc2)C(C)(C)C)N2CCCC2)cc1F. The van der Waals surface area contributed by atoms with Crippen LogP contribution in [0.4, 0.5) is 4.39 Å². The first-order valence-electron chi connectivity index (χ1n) is 12.6. The molecule has 0 bridgehead atoms. The van der Waals surface area contributed by atoms with E-state index in [1.807, 2.05) is 24.3 Å². The fraction of sp³-hybridized carbons (Fsp3) is 0.517. The van der Waals surface area contributed by atoms with E-state index in [1.54, 1.807) is 13.0 Å². The maximum atomic E-state index is 14.5. The number of rotatable bonds is 10. The van der Waals surface area contributed by atoms with Crippen LogP contribution in [0.1, 0.15) is 80.8 Å². The van der Waals surface area contributed by atoms with Crippen molar-refractivity contribution >= 4 is 11.7 Å². The van der Waals surface area contributed by atoms with Gasteiger partial charge >= 0.3 is 0 Å². The van der Waals surface area contributed by atoms with Crippen molar-refractivity contribution in [3.63, 3.8) is 0 Å². The number of nitrogens with one attached hydrogen (secondary N) is 1. The third-order valence-corrected chi connectivity index (χ3v) is 6.96. The second-order valence-electron chi connectivity index (χ2n) is 10.5. The van der Waals surface area contributed by atoms with E-state index in [0.717, 1.165) is 31.5 Å². The Kier molecular flexibility index (Phi) is 9.01. The quantitative estimate of drug-likeness (QED) is 0.453. The smallest absolute Gasteiger partial charge is 0.220 e. The minimum absolute atomic E-state index is 0.0394. The molecular formula is C29H39FN2O2. The van der Waals surface area contributed by atoms with Crippen LogP contribution in [0.3, 0.4) is 0 Å². The first-order valence-corrected chi connectivity index (χ1v) is 12.6. The van der Waals surface area contributed by atoms with Crippen LogP contribution in [0.5, 0.6) is 0 Å². The molecule has 1 fully saturated rings. The number of benzene rings is 2. The highest BCUT2D eigenvalue weighted by Crippen LogP contribution is 2.37. The van der Waals surface area contributed by atoms with Crippen LogP contribution in [0.15, 0.2) is 48.5 Å². The molecule has 3 rings (SSSR count). The first-order chi connectivity index (χ1) is 16.2. The van der Waals surface area contributed by atoms with Crippen LogP contribution < -0.4 is 5.32 Å². The van der Waals surface area contributed by atoms with Gasteiger partial charge in [0, 0.05) is 25.4 Å². The average Bonchev–Trinajstić information content (AvgIpc) is 3.34. The minimum atomic E-state index is -0.454. The van der Waals surface area contributed by atoms with Crippen LogP contribution in [0, 0.1) is 11.2 Å². The minimum Gasteiger partial charge on any atom is -0.355 e. The highest BCUT2D eigenvalue weighted by atomic mass is 19.1. The molecule has 0 spiro atoms. The molecule has 0 aromatic heterocycles. The number of nitrogens with zero attached hydrogens (tertiary/aromatic N) is 1. The fourth-order valence-corrected chi connectivity index (χ4v) is 4.91. The molecular weight excluding hydrogens is 427 g/mol. The van der Waals surface area contributed by atoms with Crippen molar-refractivity contribution in [3.05, 3.63) is 71.0 Å². The third-order valence-electron chi connectivity index (χ3n) is 6.96. The van der Waals surface area contributed by atoms with E-state index in [2.05, 4.69) is 43.1 Å². The molecule has 4 nitrogen and oxygen atoms in total. The standard InChI is InChI=1S/C29H39FN2O2/c1-5-27(33)24-14-13-21(18-26(24)30)17-23(32-15-9-10-16-32)20-31-28(34)19-25(29(2,3)4)22-11-7-6-8-12-22/h6-8,11-14,18,23,25H,5,9-10,15-17,19-20H2,1-4H3,(H,31,34)/t23-,25+/m0/s1. The summed E-state index contributed by atoms with van der Waals surface area (Å²) in [6, 6.07) is 15.3. The van der Waals surface area contributed by atoms with Gasteiger partial charge in [0.05, 0.1) is 5.56 Å². The molecule has 184 valence electrons. The monoisotopic (exact) mass is 466 g/mol. The molecule has 34 heavy (non-hydrogen) atoms. The number of amides is 1. The summed E-state index contributed by atoms with van der Waals surface area (Å²) >= 11 is 0. The highest BCUT2D eigenvalue weighted by molar-refractivity contribution is 5.96. The van der Waals surface area contributed by atoms with Gasteiger partial charge in [-0.05, 0) is 66.9 Å². The van der Waals surface area contributed by atoms with Crippen molar-refractivity contribution in [2.75, 3.05) is 19.6 Å². The molecule has 1 N–H and O–H groups in total. The summed E-state index contributed by atoms with van der Waals surface area (Å²) in [5, 5.41) is 3.18. The first kappa shape index (κ1) is 26.1. The largest absolute Gasteiger partial charge is 0.355 e. The van der Waals surface area contributed by atoms with E-state index < -0.39 is 5.82 Å². The number of likely N-dealkylation sites (tertiary alicyclic amines) is 1. The summed E-state index contributed by atoms with van der Waals surface area (Å²) in [7, 11) is 0. The van der Waals surface area contributed by atoms with Crippen LogP contribution in [0.2, 0.25) is 0 Å². The van der Waals surface area contributed by atoms with Gasteiger partial charge in [0.1, 0.15) is 5.82 Å². The number of hydrogen-bond acceptors (Lipinski definition) is 3. The lowest BCUT2D eigenvalue weighted by molar-refractivity contribution is -0.122. The van der Waals surface area contributed by atoms with Crippen molar-refractivity contribution in [1.82, 2.24) is 10.2 Å². The molecule has 2 atom stereocenters. The zero-order valence-electron chi connectivity index (χ0n) is 21.1. The lowest BCUT2D eigenvalue weighted by Gasteiger charge is -2.32. The van der Waals surface area contributed by atoms with Gasteiger partial charge in [-0.15, -0.1) is 0 Å². The Balaban J connectivity index is 1.67. The van der Waals surface area contributed by atoms with Gasteiger partial charge in [-0.3, -0.25) is 14.5 Å². The molecule has 1 aliphatic heterocycles. The van der Waals surface area contributed by atoms with Gasteiger partial charge < -0.3 is 5.32 Å². The molecule has 0 unspecified atom stereocenters. The van der Waals surface area contributed by atoms with Crippen molar-refractivity contribution in [2.45, 2.75) is 71.8 Å². The summed E-state index contributed by atoms with van der Waals surface area (Å²) in [6.45, 7) is 10.8. The molecule has 1 amide bonds. The summed E-state index contributed by atoms with van der Waals surface area (Å²) in [5.41, 5.74) is 2.15. The second kappa shape index (κ2) is 11.7. The molecule has 1 aliphatic rings. The number of carbonyl (C=O) groups excluding carboxylic acids is 2. The van der Waals surface area contributed by atoms with E-state index >= 15 is 0 Å². The second-order valence-corrected chi connectivity index (χ2v) is 10.5. The number of halogens is 1. The van der Waals surface area contributed by atoms with Gasteiger partial charge in [-0.25, -0.2) is 4.39 Å². The van der Waals surface area contributed by atoms with E-state index in [1.165, 1.54) is 11.6 Å². The van der Waals surface area contributed by atoms with Crippen LogP contribution in [-0.4, -0.2) is 42.3 Å². The Morgan fingerprint density at radius 3 is 2.32 bits per heavy atom. The molecule has 1 heterocycles. The normalized spacial score (nSPS) is 16.3. The Labute approximate surface area is 203 Å². The Morgan fingerprint density at radius 2 is 1.74 bits per heavy atom. The summed E-state index contributed by atoms with van der Waals surface area (Å²) in [6.07, 6.45) is 3.64. The zero-order chi connectivity index (χ0) is 24.7. The summed E-state index contributed by atoms with van der Waals surface area (Å²) < 4.78 is 14.5. The predicted molar refractivity (Wildman–Crippen MR) is 136 cm³/mol. The maximum absolute atomic E-state index is 14.5. The highest BCUT2D eigenvalue weighted by Gasteiger charge is 2.29. The lowest BCUT2D eigenvalue weighted by Crippen LogP contribution is -2.44. The lowest BCUT2D eigenvalue weighted by atomic mass is 9.74. The molecule has 0 aliphatic carbocycles. The van der Waals surface area contributed by atoms with E-state index in [0.29, 0.717) is 19.4 Å². The summed E-state index contributed by atoms with van der Waals surface area (Å²) in [4.78, 5) is 27.3. The van der Waals surface area contributed by atoms with Gasteiger partial charge in [-0.2, -0.15) is 0 Å². The number of hydrogen-bond donors (Lipinski definition) is 1. The zero-order valence-corrected chi connectivity index (χ0v) is 21.1. The predicted octanol–water partition coefficient (Wildman–Crippen LogP) is 5.76. The molecule has 1 saturated heterocycles. The topological polar surface area (TPSA) is 49.4 Å². The fourth-order valence-electron chi connectivity index (χ4n) is 4.91. The van der Waals surface area contributed by atoms with Gasteiger partial charge in [0.25, 0.3) is 0 Å². The van der Waals surface area contributed by atoms with E-state index in [4.69, 9.17) is 0 Å². The van der Waals surface area contributed by atoms with E-state index in [-0.39, 0.29) is 41.0 Å². The number of ketones is 1. The van der Waals surface area contributed by atoms with Crippen LogP contribution in [0.25, 0.3) is 0 Å². The number of carbonyl (C=O) groups is 2. The maximum Gasteiger partial charge on any atom is 0.220 e. The van der Waals surface area contributed by atoms with Crippen molar-refractivity contribution in [1.29, 1.82) is 0 Å². The Morgan fingerprint density at radius 1 is 1.06 bits per heavy atom. The third kappa shape index (κ3) is 6.99. The Hall–Kier alpha value is -2.53.